The zero-order valence-corrected chi connectivity index (χ0v) is 13.5. The predicted molar refractivity (Wildman–Crippen MR) is 90.6 cm³/mol. The molecule has 0 radical (unpaired) electrons. The summed E-state index contributed by atoms with van der Waals surface area (Å²) in [5.41, 5.74) is 2.37. The van der Waals surface area contributed by atoms with E-state index in [1.165, 1.54) is 5.56 Å². The van der Waals surface area contributed by atoms with Gasteiger partial charge in [0.2, 0.25) is 0 Å². The molecular formula is C18H22ClNO. The quantitative estimate of drug-likeness (QED) is 0.777. The number of hydrogen-bond acceptors (Lipinski definition) is 2. The van der Waals surface area contributed by atoms with E-state index in [0.717, 1.165) is 23.0 Å². The largest absolute Gasteiger partial charge is 0.489 e. The van der Waals surface area contributed by atoms with Gasteiger partial charge in [0.05, 0.1) is 6.54 Å². The Morgan fingerprint density at radius 3 is 2.14 bits per heavy atom. The van der Waals surface area contributed by atoms with E-state index in [2.05, 4.69) is 38.2 Å². The summed E-state index contributed by atoms with van der Waals surface area (Å²) < 4.78 is 5.91. The smallest absolute Gasteiger partial charge is 0.119 e. The lowest BCUT2D eigenvalue weighted by Gasteiger charge is -2.17. The van der Waals surface area contributed by atoms with Crippen molar-refractivity contribution in [3.63, 3.8) is 0 Å². The van der Waals surface area contributed by atoms with Crippen molar-refractivity contribution in [2.45, 2.75) is 32.8 Å². The first kappa shape index (κ1) is 15.7. The SMILES string of the molecule is CC(CNc1ccc(Cl)cc1)Oc1ccc(C(C)C)cc1. The number of anilines is 1. The molecule has 0 aliphatic carbocycles. The van der Waals surface area contributed by atoms with Crippen LogP contribution in [0.1, 0.15) is 32.3 Å². The van der Waals surface area contributed by atoms with E-state index >= 15 is 0 Å². The summed E-state index contributed by atoms with van der Waals surface area (Å²) in [6.45, 7) is 7.18. The van der Waals surface area contributed by atoms with E-state index < -0.39 is 0 Å². The van der Waals surface area contributed by atoms with Crippen molar-refractivity contribution in [3.05, 3.63) is 59.1 Å². The summed E-state index contributed by atoms with van der Waals surface area (Å²) in [6.07, 6.45) is 0.0885. The van der Waals surface area contributed by atoms with E-state index in [1.54, 1.807) is 0 Å². The summed E-state index contributed by atoms with van der Waals surface area (Å²) in [5.74, 6) is 1.45. The van der Waals surface area contributed by atoms with Crippen molar-refractivity contribution in [3.8, 4) is 5.75 Å². The molecule has 0 amide bonds. The molecule has 0 heterocycles. The van der Waals surface area contributed by atoms with Crippen molar-refractivity contribution in [2.24, 2.45) is 0 Å². The van der Waals surface area contributed by atoms with Gasteiger partial charge in [-0.15, -0.1) is 0 Å². The third kappa shape index (κ3) is 4.98. The third-order valence-electron chi connectivity index (χ3n) is 3.32. The van der Waals surface area contributed by atoms with E-state index in [4.69, 9.17) is 16.3 Å². The van der Waals surface area contributed by atoms with Crippen LogP contribution in [0.2, 0.25) is 5.02 Å². The van der Waals surface area contributed by atoms with Gasteiger partial charge < -0.3 is 10.1 Å². The van der Waals surface area contributed by atoms with Crippen LogP contribution in [0.4, 0.5) is 5.69 Å². The minimum absolute atomic E-state index is 0.0885. The number of halogens is 1. The fraction of sp³-hybridized carbons (Fsp3) is 0.333. The summed E-state index contributed by atoms with van der Waals surface area (Å²) >= 11 is 5.86. The molecule has 0 aliphatic heterocycles. The molecule has 0 bridgehead atoms. The molecule has 0 aliphatic rings. The molecule has 112 valence electrons. The lowest BCUT2D eigenvalue weighted by molar-refractivity contribution is 0.234. The Balaban J connectivity index is 1.83. The molecule has 0 saturated carbocycles. The van der Waals surface area contributed by atoms with Crippen LogP contribution in [0.15, 0.2) is 48.5 Å². The standard InChI is InChI=1S/C18H22ClNO/c1-13(2)15-4-10-18(11-5-15)21-14(3)12-20-17-8-6-16(19)7-9-17/h4-11,13-14,20H,12H2,1-3H3. The predicted octanol–water partition coefficient (Wildman–Crippen LogP) is 5.34. The summed E-state index contributed by atoms with van der Waals surface area (Å²) in [7, 11) is 0. The van der Waals surface area contributed by atoms with E-state index in [0.29, 0.717) is 5.92 Å². The van der Waals surface area contributed by atoms with Crippen molar-refractivity contribution in [1.82, 2.24) is 0 Å². The van der Waals surface area contributed by atoms with Gasteiger partial charge in [0, 0.05) is 10.7 Å². The highest BCUT2D eigenvalue weighted by Crippen LogP contribution is 2.19. The van der Waals surface area contributed by atoms with Gasteiger partial charge in [0.25, 0.3) is 0 Å². The fourth-order valence-corrected chi connectivity index (χ4v) is 2.16. The molecule has 0 aromatic heterocycles. The molecule has 2 aromatic carbocycles. The van der Waals surface area contributed by atoms with Crippen LogP contribution in [0.25, 0.3) is 0 Å². The maximum absolute atomic E-state index is 5.91. The minimum Gasteiger partial charge on any atom is -0.489 e. The fourth-order valence-electron chi connectivity index (χ4n) is 2.03. The van der Waals surface area contributed by atoms with Gasteiger partial charge in [0.15, 0.2) is 0 Å². The van der Waals surface area contributed by atoms with Gasteiger partial charge in [-0.2, -0.15) is 0 Å². The first-order valence-electron chi connectivity index (χ1n) is 7.30. The van der Waals surface area contributed by atoms with Gasteiger partial charge in [-0.05, 0) is 54.8 Å². The zero-order valence-electron chi connectivity index (χ0n) is 12.8. The van der Waals surface area contributed by atoms with Crippen LogP contribution >= 0.6 is 11.6 Å². The van der Waals surface area contributed by atoms with Gasteiger partial charge in [-0.1, -0.05) is 37.6 Å². The summed E-state index contributed by atoms with van der Waals surface area (Å²) in [4.78, 5) is 0. The average Bonchev–Trinajstić information content (AvgIpc) is 2.47. The molecule has 1 unspecified atom stereocenters. The number of nitrogens with one attached hydrogen (secondary N) is 1. The zero-order chi connectivity index (χ0) is 15.2. The van der Waals surface area contributed by atoms with E-state index in [9.17, 15) is 0 Å². The van der Waals surface area contributed by atoms with Crippen LogP contribution < -0.4 is 10.1 Å². The second-order valence-corrected chi connectivity index (χ2v) is 5.98. The van der Waals surface area contributed by atoms with Gasteiger partial charge in [-0.3, -0.25) is 0 Å². The van der Waals surface area contributed by atoms with Gasteiger partial charge in [-0.25, -0.2) is 0 Å². The van der Waals surface area contributed by atoms with Crippen molar-refractivity contribution in [2.75, 3.05) is 11.9 Å². The maximum Gasteiger partial charge on any atom is 0.119 e. The summed E-state index contributed by atoms with van der Waals surface area (Å²) in [5, 5.41) is 4.08. The Morgan fingerprint density at radius 2 is 1.57 bits per heavy atom. The number of hydrogen-bond donors (Lipinski definition) is 1. The lowest BCUT2D eigenvalue weighted by Crippen LogP contribution is -2.22. The molecule has 0 saturated heterocycles. The van der Waals surface area contributed by atoms with Gasteiger partial charge >= 0.3 is 0 Å². The monoisotopic (exact) mass is 303 g/mol. The first-order chi connectivity index (χ1) is 10.0. The molecule has 1 atom stereocenters. The molecule has 2 rings (SSSR count). The van der Waals surface area contributed by atoms with Crippen molar-refractivity contribution < 1.29 is 4.74 Å². The Labute approximate surface area is 132 Å². The second-order valence-electron chi connectivity index (χ2n) is 5.54. The molecule has 2 nitrogen and oxygen atoms in total. The highest BCUT2D eigenvalue weighted by atomic mass is 35.5. The minimum atomic E-state index is 0.0885. The van der Waals surface area contributed by atoms with Crippen LogP contribution in [-0.2, 0) is 0 Å². The summed E-state index contributed by atoms with van der Waals surface area (Å²) in [6, 6.07) is 16.0. The normalized spacial score (nSPS) is 12.2. The van der Waals surface area contributed by atoms with Crippen molar-refractivity contribution in [1.29, 1.82) is 0 Å². The third-order valence-corrected chi connectivity index (χ3v) is 3.57. The lowest BCUT2D eigenvalue weighted by atomic mass is 10.0. The Bertz CT molecular complexity index is 548. The molecule has 1 N–H and O–H groups in total. The molecule has 0 fully saturated rings. The molecular weight excluding hydrogens is 282 g/mol. The van der Waals surface area contributed by atoms with Crippen LogP contribution in [0.5, 0.6) is 5.75 Å². The number of rotatable bonds is 6. The second kappa shape index (κ2) is 7.37. The molecule has 0 spiro atoms. The van der Waals surface area contributed by atoms with Crippen LogP contribution in [0, 0.1) is 0 Å². The number of benzene rings is 2. The van der Waals surface area contributed by atoms with Crippen LogP contribution in [-0.4, -0.2) is 12.6 Å². The van der Waals surface area contributed by atoms with Gasteiger partial charge in [0.1, 0.15) is 11.9 Å². The topological polar surface area (TPSA) is 21.3 Å². The Hall–Kier alpha value is -1.67. The highest BCUT2D eigenvalue weighted by Gasteiger charge is 2.05. The average molecular weight is 304 g/mol. The van der Waals surface area contributed by atoms with E-state index in [1.807, 2.05) is 36.4 Å². The first-order valence-corrected chi connectivity index (χ1v) is 7.68. The molecule has 2 aromatic rings. The number of ether oxygens (including phenoxy) is 1. The van der Waals surface area contributed by atoms with Crippen molar-refractivity contribution >= 4 is 17.3 Å². The Morgan fingerprint density at radius 1 is 0.952 bits per heavy atom. The molecule has 21 heavy (non-hydrogen) atoms. The maximum atomic E-state index is 5.91. The van der Waals surface area contributed by atoms with Crippen LogP contribution in [0.3, 0.4) is 0 Å². The Kier molecular flexibility index (Phi) is 5.51. The highest BCUT2D eigenvalue weighted by molar-refractivity contribution is 6.30. The van der Waals surface area contributed by atoms with E-state index in [-0.39, 0.29) is 6.10 Å². The molecule has 3 heteroatoms.